The van der Waals surface area contributed by atoms with Crippen LogP contribution in [0.5, 0.6) is 5.88 Å². The van der Waals surface area contributed by atoms with E-state index < -0.39 is 6.61 Å². The van der Waals surface area contributed by atoms with Crippen LogP contribution in [0.2, 0.25) is 0 Å². The Morgan fingerprint density at radius 2 is 2.06 bits per heavy atom. The van der Waals surface area contributed by atoms with Crippen molar-refractivity contribution in [3.05, 3.63) is 47.8 Å². The fourth-order valence-corrected chi connectivity index (χ4v) is 4.62. The van der Waals surface area contributed by atoms with Gasteiger partial charge in [0.2, 0.25) is 5.88 Å². The number of alkyl halides is 2. The Hall–Kier alpha value is -2.61. The first-order chi connectivity index (χ1) is 15.1. The summed E-state index contributed by atoms with van der Waals surface area (Å²) >= 11 is 0. The van der Waals surface area contributed by atoms with Crippen LogP contribution in [-0.2, 0) is 11.2 Å². The summed E-state index contributed by atoms with van der Waals surface area (Å²) in [7, 11) is 0. The Morgan fingerprint density at radius 3 is 2.90 bits per heavy atom. The lowest BCUT2D eigenvalue weighted by Gasteiger charge is -2.34. The third-order valence-electron chi connectivity index (χ3n) is 6.19. The molecule has 2 unspecified atom stereocenters. The van der Waals surface area contributed by atoms with Crippen molar-refractivity contribution in [3.8, 4) is 5.88 Å². The molecule has 0 N–H and O–H groups in total. The lowest BCUT2D eigenvalue weighted by Crippen LogP contribution is -2.41. The van der Waals surface area contributed by atoms with Crippen molar-refractivity contribution in [2.75, 3.05) is 31.1 Å². The summed E-state index contributed by atoms with van der Waals surface area (Å²) in [6.07, 6.45) is 7.66. The molecule has 2 aliphatic heterocycles. The lowest BCUT2D eigenvalue weighted by molar-refractivity contribution is -0.109. The highest BCUT2D eigenvalue weighted by Crippen LogP contribution is 2.29. The molecule has 166 valence electrons. The molecule has 2 fully saturated rings. The first kappa shape index (κ1) is 21.6. The molecule has 2 aromatic heterocycles. The van der Waals surface area contributed by atoms with Crippen LogP contribution in [0.1, 0.15) is 42.9 Å². The fourth-order valence-electron chi connectivity index (χ4n) is 4.62. The molecule has 0 bridgehead atoms. The van der Waals surface area contributed by atoms with Gasteiger partial charge in [-0.2, -0.15) is 8.78 Å². The summed E-state index contributed by atoms with van der Waals surface area (Å²) in [6, 6.07) is 9.00. The molecule has 8 heteroatoms. The highest BCUT2D eigenvalue weighted by atomic mass is 19.3. The number of carbonyl (C=O) groups is 1. The molecule has 2 saturated heterocycles. The van der Waals surface area contributed by atoms with E-state index in [0.29, 0.717) is 0 Å². The van der Waals surface area contributed by atoms with Crippen LogP contribution in [-0.4, -0.2) is 60.0 Å². The van der Waals surface area contributed by atoms with E-state index in [4.69, 9.17) is 0 Å². The van der Waals surface area contributed by atoms with E-state index in [9.17, 15) is 13.6 Å². The fraction of sp³-hybridized carbons (Fsp3) is 0.522. The molecule has 2 atom stereocenters. The van der Waals surface area contributed by atoms with Gasteiger partial charge < -0.3 is 19.3 Å². The SMILES string of the molecule is O=CC1CCCCN1c1ncccc1CCN1CCC(c2cccc(OC(F)F)n2)C1. The Balaban J connectivity index is 1.37. The van der Waals surface area contributed by atoms with E-state index in [1.54, 1.807) is 12.3 Å². The predicted molar refractivity (Wildman–Crippen MR) is 114 cm³/mol. The monoisotopic (exact) mass is 430 g/mol. The van der Waals surface area contributed by atoms with Crippen LogP contribution in [0.15, 0.2) is 36.5 Å². The van der Waals surface area contributed by atoms with Gasteiger partial charge in [0.05, 0.1) is 6.04 Å². The Morgan fingerprint density at radius 1 is 1.16 bits per heavy atom. The molecule has 0 amide bonds. The maximum atomic E-state index is 12.5. The molecule has 0 aromatic carbocycles. The number of likely N-dealkylation sites (tertiary alicyclic amines) is 1. The Bertz CT molecular complexity index is 882. The van der Waals surface area contributed by atoms with E-state index in [1.165, 1.54) is 6.07 Å². The third kappa shape index (κ3) is 5.36. The summed E-state index contributed by atoms with van der Waals surface area (Å²) in [4.78, 5) is 24.9. The van der Waals surface area contributed by atoms with Crippen LogP contribution in [0.25, 0.3) is 0 Å². The summed E-state index contributed by atoms with van der Waals surface area (Å²) in [5.74, 6) is 1.10. The number of pyridine rings is 2. The number of ether oxygens (including phenoxy) is 1. The van der Waals surface area contributed by atoms with Crippen LogP contribution in [0.3, 0.4) is 0 Å². The molecule has 4 rings (SSSR count). The maximum absolute atomic E-state index is 12.5. The number of hydrogen-bond acceptors (Lipinski definition) is 6. The molecule has 6 nitrogen and oxygen atoms in total. The average Bonchev–Trinajstić information content (AvgIpc) is 3.27. The van der Waals surface area contributed by atoms with Gasteiger partial charge in [-0.25, -0.2) is 9.97 Å². The van der Waals surface area contributed by atoms with Crippen molar-refractivity contribution >= 4 is 12.1 Å². The van der Waals surface area contributed by atoms with E-state index >= 15 is 0 Å². The van der Waals surface area contributed by atoms with Crippen molar-refractivity contribution < 1.29 is 18.3 Å². The van der Waals surface area contributed by atoms with Crippen molar-refractivity contribution in [1.29, 1.82) is 0 Å². The summed E-state index contributed by atoms with van der Waals surface area (Å²) in [6.45, 7) is 0.642. The van der Waals surface area contributed by atoms with Crippen LogP contribution < -0.4 is 9.64 Å². The standard InChI is InChI=1S/C23H28F2N4O2/c24-23(25)31-21-8-3-7-20(27-21)18-10-14-28(15-18)13-9-17-5-4-11-26-22(17)29-12-2-1-6-19(29)16-30/h3-5,7-8,11,16,18-19,23H,1-2,6,9-10,12-15H2. The molecule has 4 heterocycles. The van der Waals surface area contributed by atoms with Gasteiger partial charge in [-0.3, -0.25) is 0 Å². The molecule has 0 spiro atoms. The van der Waals surface area contributed by atoms with Gasteiger partial charge in [0.15, 0.2) is 0 Å². The van der Waals surface area contributed by atoms with E-state index in [0.717, 1.165) is 81.6 Å². The summed E-state index contributed by atoms with van der Waals surface area (Å²) in [5.41, 5.74) is 1.95. The van der Waals surface area contributed by atoms with Crippen molar-refractivity contribution in [2.45, 2.75) is 50.7 Å². The minimum atomic E-state index is -2.87. The maximum Gasteiger partial charge on any atom is 0.388 e. The number of halogens is 2. The predicted octanol–water partition coefficient (Wildman–Crippen LogP) is 3.67. The zero-order valence-corrected chi connectivity index (χ0v) is 17.5. The number of hydrogen-bond donors (Lipinski definition) is 0. The highest BCUT2D eigenvalue weighted by molar-refractivity contribution is 5.66. The topological polar surface area (TPSA) is 58.6 Å². The molecule has 0 saturated carbocycles. The van der Waals surface area contributed by atoms with Crippen LogP contribution in [0.4, 0.5) is 14.6 Å². The van der Waals surface area contributed by atoms with Gasteiger partial charge in [-0.05, 0) is 56.3 Å². The third-order valence-corrected chi connectivity index (χ3v) is 6.19. The summed E-state index contributed by atoms with van der Waals surface area (Å²) < 4.78 is 29.4. The largest absolute Gasteiger partial charge is 0.417 e. The number of anilines is 1. The molecule has 2 aromatic rings. The van der Waals surface area contributed by atoms with Crippen LogP contribution in [0, 0.1) is 0 Å². The van der Waals surface area contributed by atoms with Gasteiger partial charge in [0.1, 0.15) is 12.1 Å². The Labute approximate surface area is 181 Å². The van der Waals surface area contributed by atoms with Gasteiger partial charge in [-0.15, -0.1) is 0 Å². The number of aldehydes is 1. The quantitative estimate of drug-likeness (QED) is 0.596. The summed E-state index contributed by atoms with van der Waals surface area (Å²) in [5, 5.41) is 0. The minimum absolute atomic E-state index is 0.0304. The lowest BCUT2D eigenvalue weighted by atomic mass is 10.0. The molecule has 2 aliphatic rings. The first-order valence-electron chi connectivity index (χ1n) is 10.9. The first-order valence-corrected chi connectivity index (χ1v) is 10.9. The molecular weight excluding hydrogens is 402 g/mol. The molecular formula is C23H28F2N4O2. The Kier molecular flexibility index (Phi) is 7.06. The van der Waals surface area contributed by atoms with Gasteiger partial charge >= 0.3 is 6.61 Å². The van der Waals surface area contributed by atoms with Crippen LogP contribution >= 0.6 is 0 Å². The van der Waals surface area contributed by atoms with E-state index in [-0.39, 0.29) is 17.8 Å². The molecule has 31 heavy (non-hydrogen) atoms. The number of piperidine rings is 1. The van der Waals surface area contributed by atoms with E-state index in [1.807, 2.05) is 12.1 Å². The second kappa shape index (κ2) is 10.1. The molecule has 0 radical (unpaired) electrons. The highest BCUT2D eigenvalue weighted by Gasteiger charge is 2.27. The van der Waals surface area contributed by atoms with Crippen molar-refractivity contribution in [1.82, 2.24) is 14.9 Å². The average molecular weight is 430 g/mol. The molecule has 0 aliphatic carbocycles. The van der Waals surface area contributed by atoms with E-state index in [2.05, 4.69) is 30.6 Å². The van der Waals surface area contributed by atoms with Gasteiger partial charge in [0, 0.05) is 43.5 Å². The van der Waals surface area contributed by atoms with Crippen molar-refractivity contribution in [3.63, 3.8) is 0 Å². The zero-order valence-electron chi connectivity index (χ0n) is 17.5. The number of nitrogens with zero attached hydrogens (tertiary/aromatic N) is 4. The second-order valence-electron chi connectivity index (χ2n) is 8.19. The van der Waals surface area contributed by atoms with Gasteiger partial charge in [-0.1, -0.05) is 12.1 Å². The second-order valence-corrected chi connectivity index (χ2v) is 8.19. The van der Waals surface area contributed by atoms with Crippen molar-refractivity contribution in [2.24, 2.45) is 0 Å². The number of rotatable bonds is 8. The number of carbonyl (C=O) groups excluding carboxylic acids is 1. The zero-order chi connectivity index (χ0) is 21.6. The number of aromatic nitrogens is 2. The van der Waals surface area contributed by atoms with Gasteiger partial charge in [0.25, 0.3) is 0 Å². The normalized spacial score (nSPS) is 22.1. The minimum Gasteiger partial charge on any atom is -0.417 e. The smallest absolute Gasteiger partial charge is 0.388 e.